The predicted molar refractivity (Wildman–Crippen MR) is 71.6 cm³/mol. The number of halogens is 1. The zero-order chi connectivity index (χ0) is 13.4. The first-order valence-electron chi connectivity index (χ1n) is 6.38. The zero-order valence-corrected chi connectivity index (χ0v) is 11.2. The van der Waals surface area contributed by atoms with Crippen molar-refractivity contribution in [2.45, 2.75) is 51.4 Å². The van der Waals surface area contributed by atoms with Crippen LogP contribution in [0.4, 0.5) is 0 Å². The average Bonchev–Trinajstić information content (AvgIpc) is 2.41. The van der Waals surface area contributed by atoms with Crippen LogP contribution in [0.2, 0.25) is 0 Å². The summed E-state index contributed by atoms with van der Waals surface area (Å²) in [6.07, 6.45) is 9.34. The first kappa shape index (κ1) is 15.0. The molecule has 3 nitrogen and oxygen atoms in total. The SMILES string of the molecule is O=C1CCCCC1.O=CC1=C(Cl)/C(=C/O)CCC1. The lowest BCUT2D eigenvalue weighted by atomic mass is 9.96. The average molecular weight is 271 g/mol. The standard InChI is InChI=1S/C8H9ClO2.C6H10O/c9-8-6(4-10)2-1-3-7(8)5-11;7-6-4-2-1-3-5-6/h4-5,10H,1-3H2;1-5H2/b6-4+;. The fraction of sp³-hybridized carbons (Fsp3) is 0.571. The third-order valence-electron chi connectivity index (χ3n) is 3.17. The highest BCUT2D eigenvalue weighted by Gasteiger charge is 2.14. The first-order chi connectivity index (χ1) is 8.69. The third-order valence-corrected chi connectivity index (χ3v) is 3.65. The van der Waals surface area contributed by atoms with E-state index >= 15 is 0 Å². The summed E-state index contributed by atoms with van der Waals surface area (Å²) in [5, 5.41) is 9.10. The molecule has 0 unspecified atom stereocenters. The summed E-state index contributed by atoms with van der Waals surface area (Å²) < 4.78 is 0. The predicted octanol–water partition coefficient (Wildman–Crippen LogP) is 3.82. The van der Waals surface area contributed by atoms with Gasteiger partial charge in [-0.25, -0.2) is 0 Å². The van der Waals surface area contributed by atoms with Crippen molar-refractivity contribution < 1.29 is 14.7 Å². The summed E-state index contributed by atoms with van der Waals surface area (Å²) in [6, 6.07) is 0. The van der Waals surface area contributed by atoms with Crippen molar-refractivity contribution in [2.24, 2.45) is 0 Å². The lowest BCUT2D eigenvalue weighted by Crippen LogP contribution is -2.02. The number of aldehydes is 1. The fourth-order valence-corrected chi connectivity index (χ4v) is 2.36. The van der Waals surface area contributed by atoms with Crippen LogP contribution >= 0.6 is 11.6 Å². The van der Waals surface area contributed by atoms with Crippen molar-refractivity contribution in [3.8, 4) is 0 Å². The third kappa shape index (κ3) is 4.65. The van der Waals surface area contributed by atoms with Crippen LogP contribution in [-0.4, -0.2) is 17.2 Å². The molecule has 1 saturated carbocycles. The van der Waals surface area contributed by atoms with Gasteiger partial charge in [0.05, 0.1) is 11.3 Å². The molecule has 100 valence electrons. The van der Waals surface area contributed by atoms with Crippen molar-refractivity contribution in [3.05, 3.63) is 22.4 Å². The van der Waals surface area contributed by atoms with E-state index < -0.39 is 0 Å². The minimum Gasteiger partial charge on any atom is -0.515 e. The highest BCUT2D eigenvalue weighted by Crippen LogP contribution is 2.30. The molecule has 0 aromatic carbocycles. The minimum absolute atomic E-state index is 0.425. The van der Waals surface area contributed by atoms with Gasteiger partial charge >= 0.3 is 0 Å². The van der Waals surface area contributed by atoms with Crippen LogP contribution in [0.25, 0.3) is 0 Å². The smallest absolute Gasteiger partial charge is 0.147 e. The number of carbonyl (C=O) groups is 2. The van der Waals surface area contributed by atoms with Crippen molar-refractivity contribution in [1.29, 1.82) is 0 Å². The largest absolute Gasteiger partial charge is 0.515 e. The highest BCUT2D eigenvalue weighted by molar-refractivity contribution is 6.33. The molecule has 1 fully saturated rings. The minimum atomic E-state index is 0.425. The lowest BCUT2D eigenvalue weighted by Gasteiger charge is -2.13. The summed E-state index contributed by atoms with van der Waals surface area (Å²) in [7, 11) is 0. The molecular weight excluding hydrogens is 252 g/mol. The molecule has 0 amide bonds. The quantitative estimate of drug-likeness (QED) is 0.582. The van der Waals surface area contributed by atoms with Crippen LogP contribution in [0.5, 0.6) is 0 Å². The van der Waals surface area contributed by atoms with Crippen LogP contribution in [0, 0.1) is 0 Å². The monoisotopic (exact) mass is 270 g/mol. The van der Waals surface area contributed by atoms with Crippen LogP contribution in [0.15, 0.2) is 22.4 Å². The van der Waals surface area contributed by atoms with E-state index in [-0.39, 0.29) is 0 Å². The second kappa shape index (κ2) is 8.09. The van der Waals surface area contributed by atoms with Crippen molar-refractivity contribution >= 4 is 23.7 Å². The molecule has 0 heterocycles. The Balaban J connectivity index is 0.000000199. The lowest BCUT2D eigenvalue weighted by molar-refractivity contribution is -0.120. The van der Waals surface area contributed by atoms with Gasteiger partial charge in [-0.05, 0) is 32.1 Å². The van der Waals surface area contributed by atoms with Gasteiger partial charge in [0.2, 0.25) is 0 Å². The van der Waals surface area contributed by atoms with Crippen LogP contribution in [-0.2, 0) is 9.59 Å². The summed E-state index contributed by atoms with van der Waals surface area (Å²) in [4.78, 5) is 20.8. The van der Waals surface area contributed by atoms with Crippen LogP contribution < -0.4 is 0 Å². The van der Waals surface area contributed by atoms with E-state index in [1.54, 1.807) is 0 Å². The molecule has 0 spiro atoms. The molecule has 0 aromatic heterocycles. The van der Waals surface area contributed by atoms with Gasteiger partial charge in [0, 0.05) is 24.0 Å². The number of carbonyl (C=O) groups excluding carboxylic acids is 2. The Morgan fingerprint density at radius 3 is 2.11 bits per heavy atom. The summed E-state index contributed by atoms with van der Waals surface area (Å²) in [6.45, 7) is 0. The Bertz CT molecular complexity index is 361. The Morgan fingerprint density at radius 1 is 1.00 bits per heavy atom. The molecule has 0 atom stereocenters. The van der Waals surface area contributed by atoms with Gasteiger partial charge in [-0.2, -0.15) is 0 Å². The zero-order valence-electron chi connectivity index (χ0n) is 10.5. The molecule has 2 rings (SSSR count). The number of hydrogen-bond donors (Lipinski definition) is 1. The molecule has 2 aliphatic carbocycles. The first-order valence-corrected chi connectivity index (χ1v) is 6.76. The molecule has 2 aliphatic rings. The number of aliphatic hydroxyl groups is 1. The van der Waals surface area contributed by atoms with Crippen molar-refractivity contribution in [1.82, 2.24) is 0 Å². The van der Waals surface area contributed by atoms with Crippen molar-refractivity contribution in [2.75, 3.05) is 0 Å². The van der Waals surface area contributed by atoms with E-state index in [1.807, 2.05) is 0 Å². The maximum absolute atomic E-state index is 10.5. The molecule has 0 aliphatic heterocycles. The number of aliphatic hydroxyl groups excluding tert-OH is 1. The van der Waals surface area contributed by atoms with Gasteiger partial charge in [-0.1, -0.05) is 18.0 Å². The van der Waals surface area contributed by atoms with Gasteiger partial charge in [0.25, 0.3) is 0 Å². The molecule has 18 heavy (non-hydrogen) atoms. The van der Waals surface area contributed by atoms with Gasteiger partial charge in [0.15, 0.2) is 0 Å². The number of rotatable bonds is 1. The summed E-state index contributed by atoms with van der Waals surface area (Å²) in [5.41, 5.74) is 1.26. The second-order valence-corrected chi connectivity index (χ2v) is 4.94. The van der Waals surface area contributed by atoms with E-state index in [0.29, 0.717) is 22.0 Å². The normalized spacial score (nSPS) is 22.5. The molecule has 0 bridgehead atoms. The van der Waals surface area contributed by atoms with Gasteiger partial charge in [0.1, 0.15) is 12.1 Å². The van der Waals surface area contributed by atoms with E-state index in [4.69, 9.17) is 16.7 Å². The summed E-state index contributed by atoms with van der Waals surface area (Å²) in [5.74, 6) is 0.464. The van der Waals surface area contributed by atoms with Crippen LogP contribution in [0.1, 0.15) is 51.4 Å². The molecule has 1 N–H and O–H groups in total. The fourth-order valence-electron chi connectivity index (χ4n) is 2.07. The van der Waals surface area contributed by atoms with Gasteiger partial charge < -0.3 is 5.11 Å². The maximum Gasteiger partial charge on any atom is 0.147 e. The molecule has 0 radical (unpaired) electrons. The molecule has 0 saturated heterocycles. The molecule has 0 aromatic rings. The number of hydrogen-bond acceptors (Lipinski definition) is 3. The molecular formula is C14H19ClO3. The Morgan fingerprint density at radius 2 is 1.67 bits per heavy atom. The number of Topliss-reactive ketones (excluding diaryl/α,β-unsaturated/α-hetero) is 1. The van der Waals surface area contributed by atoms with Crippen LogP contribution in [0.3, 0.4) is 0 Å². The highest BCUT2D eigenvalue weighted by atomic mass is 35.5. The molecule has 4 heteroatoms. The maximum atomic E-state index is 10.5. The van der Waals surface area contributed by atoms with Gasteiger partial charge in [-0.15, -0.1) is 0 Å². The Kier molecular flexibility index (Phi) is 6.73. The number of allylic oxidation sites excluding steroid dienone is 3. The Hall–Kier alpha value is -1.09. The Labute approximate surface area is 113 Å². The summed E-state index contributed by atoms with van der Waals surface area (Å²) >= 11 is 5.77. The van der Waals surface area contributed by atoms with E-state index in [2.05, 4.69) is 0 Å². The van der Waals surface area contributed by atoms with E-state index in [9.17, 15) is 9.59 Å². The van der Waals surface area contributed by atoms with E-state index in [1.165, 1.54) is 6.42 Å². The number of ketones is 1. The second-order valence-electron chi connectivity index (χ2n) is 4.56. The van der Waals surface area contributed by atoms with Crippen molar-refractivity contribution in [3.63, 3.8) is 0 Å². The van der Waals surface area contributed by atoms with E-state index in [0.717, 1.165) is 57.5 Å². The topological polar surface area (TPSA) is 54.4 Å². The van der Waals surface area contributed by atoms with Gasteiger partial charge in [-0.3, -0.25) is 9.59 Å².